The number of aromatic nitrogens is 3. The fraction of sp³-hybridized carbons (Fsp3) is 0.423. The Bertz CT molecular complexity index is 1240. The van der Waals surface area contributed by atoms with E-state index in [1.165, 1.54) is 10.8 Å². The van der Waals surface area contributed by atoms with Gasteiger partial charge in [-0.3, -0.25) is 10.1 Å². The van der Waals surface area contributed by atoms with Gasteiger partial charge in [-0.25, -0.2) is 14.3 Å². The molecule has 3 aromatic rings. The van der Waals surface area contributed by atoms with Crippen LogP contribution >= 0.6 is 0 Å². The molecule has 3 heterocycles. The summed E-state index contributed by atoms with van der Waals surface area (Å²) in [5, 5.41) is 17.0. The van der Waals surface area contributed by atoms with Gasteiger partial charge >= 0.3 is 12.1 Å². The number of anilines is 1. The molecule has 0 unspecified atom stereocenters. The van der Waals surface area contributed by atoms with Gasteiger partial charge in [0.05, 0.1) is 24.8 Å². The van der Waals surface area contributed by atoms with Crippen LogP contribution < -0.4 is 5.32 Å². The lowest BCUT2D eigenvalue weighted by atomic mass is 9.98. The number of carbonyl (C=O) groups excluding carboxylic acids is 2. The van der Waals surface area contributed by atoms with E-state index in [0.29, 0.717) is 30.7 Å². The van der Waals surface area contributed by atoms with Crippen LogP contribution in [0.4, 0.5) is 10.6 Å². The molecule has 0 radical (unpaired) electrons. The number of nitrogens with one attached hydrogen (secondary N) is 1. The number of benzene rings is 1. The van der Waals surface area contributed by atoms with Crippen LogP contribution in [0.15, 0.2) is 48.8 Å². The Morgan fingerprint density at radius 1 is 1.22 bits per heavy atom. The number of fused-ring (bicyclic) bond motifs is 1. The molecule has 2 atom stereocenters. The van der Waals surface area contributed by atoms with Crippen LogP contribution in [0.25, 0.3) is 5.52 Å². The molecular weight excluding hydrogens is 462 g/mol. The third kappa shape index (κ3) is 5.80. The van der Waals surface area contributed by atoms with Gasteiger partial charge in [-0.1, -0.05) is 50.1 Å². The minimum absolute atomic E-state index is 0.0596. The fourth-order valence-electron chi connectivity index (χ4n) is 4.20. The van der Waals surface area contributed by atoms with Crippen LogP contribution in [0.5, 0.6) is 0 Å². The first kappa shape index (κ1) is 25.1. The van der Waals surface area contributed by atoms with Crippen molar-refractivity contribution in [2.45, 2.75) is 57.2 Å². The highest BCUT2D eigenvalue weighted by Gasteiger charge is 2.45. The van der Waals surface area contributed by atoms with Crippen molar-refractivity contribution < 1.29 is 23.8 Å². The van der Waals surface area contributed by atoms with E-state index >= 15 is 0 Å². The molecule has 1 aromatic carbocycles. The van der Waals surface area contributed by atoms with Gasteiger partial charge < -0.3 is 14.2 Å². The number of nitrogens with zero attached hydrogens (tertiary/aromatic N) is 4. The van der Waals surface area contributed by atoms with Gasteiger partial charge in [0.15, 0.2) is 11.4 Å². The van der Waals surface area contributed by atoms with Crippen LogP contribution in [0.3, 0.4) is 0 Å². The zero-order chi connectivity index (χ0) is 25.4. The molecule has 36 heavy (non-hydrogen) atoms. The molecule has 1 aliphatic rings. The Morgan fingerprint density at radius 2 is 2.06 bits per heavy atom. The Hall–Kier alpha value is -3.97. The molecule has 1 fully saturated rings. The molecule has 1 N–H and O–H groups in total. The van der Waals surface area contributed by atoms with Crippen LogP contribution in [-0.2, 0) is 31.0 Å². The highest BCUT2D eigenvalue weighted by Crippen LogP contribution is 2.40. The number of hydrogen-bond donors (Lipinski definition) is 1. The van der Waals surface area contributed by atoms with Gasteiger partial charge in [-0.2, -0.15) is 10.4 Å². The first-order chi connectivity index (χ1) is 17.5. The number of rotatable bonds is 10. The summed E-state index contributed by atoms with van der Waals surface area (Å²) in [5.41, 5.74) is 0.624. The summed E-state index contributed by atoms with van der Waals surface area (Å²) in [6, 6.07) is 15.1. The summed E-state index contributed by atoms with van der Waals surface area (Å²) >= 11 is 0. The molecule has 4 rings (SSSR count). The lowest BCUT2D eigenvalue weighted by molar-refractivity contribution is -0.148. The summed E-state index contributed by atoms with van der Waals surface area (Å²) in [5.74, 6) is -0.0772. The van der Waals surface area contributed by atoms with Crippen molar-refractivity contribution >= 4 is 23.4 Å². The van der Waals surface area contributed by atoms with Crippen molar-refractivity contribution in [3.05, 3.63) is 60.0 Å². The summed E-state index contributed by atoms with van der Waals surface area (Å²) in [6.45, 7) is 2.46. The number of amides is 1. The molecule has 1 saturated heterocycles. The molecule has 10 nitrogen and oxygen atoms in total. The molecule has 2 aromatic heterocycles. The number of ether oxygens (including phenoxy) is 3. The third-order valence-corrected chi connectivity index (χ3v) is 6.06. The Labute approximate surface area is 209 Å². The zero-order valence-electron chi connectivity index (χ0n) is 20.2. The molecule has 10 heteroatoms. The molecule has 0 bridgehead atoms. The van der Waals surface area contributed by atoms with Crippen LogP contribution in [-0.4, -0.2) is 46.0 Å². The zero-order valence-corrected chi connectivity index (χ0v) is 20.2. The standard InChI is InChI=1S/C26H29N5O5/c1-2-3-7-14-34-25(33)30-24-21-10-11-22(31(21)29-18-28-24)26(17-27)13-12-20(36-26)16-35-23(32)15-19-8-5-4-6-9-19/h4-6,8-11,18,20H,2-3,7,12-16H2,1H3,(H,28,29,30,33)/t20-,26-/m0/s1. The number of carbonyl (C=O) groups is 2. The summed E-state index contributed by atoms with van der Waals surface area (Å²) in [7, 11) is 0. The number of hydrogen-bond acceptors (Lipinski definition) is 8. The first-order valence-electron chi connectivity index (χ1n) is 12.1. The minimum atomic E-state index is -1.27. The lowest BCUT2D eigenvalue weighted by Gasteiger charge is -2.21. The molecule has 188 valence electrons. The molecule has 1 amide bonds. The largest absolute Gasteiger partial charge is 0.463 e. The normalized spacial score (nSPS) is 19.1. The second-order valence-electron chi connectivity index (χ2n) is 8.66. The van der Waals surface area contributed by atoms with Crippen molar-refractivity contribution in [3.8, 4) is 6.07 Å². The molecule has 0 aliphatic carbocycles. The van der Waals surface area contributed by atoms with Gasteiger partial charge in [0.2, 0.25) is 0 Å². The number of unbranched alkanes of at least 4 members (excludes halogenated alkanes) is 2. The van der Waals surface area contributed by atoms with Gasteiger partial charge in [-0.15, -0.1) is 0 Å². The maximum absolute atomic E-state index is 12.2. The van der Waals surface area contributed by atoms with Gasteiger partial charge in [0.25, 0.3) is 0 Å². The Kier molecular flexibility index (Phi) is 8.13. The molecule has 0 saturated carbocycles. The van der Waals surface area contributed by atoms with E-state index in [-0.39, 0.29) is 24.8 Å². The first-order valence-corrected chi connectivity index (χ1v) is 12.1. The van der Waals surface area contributed by atoms with E-state index in [2.05, 4.69) is 28.4 Å². The molecule has 1 aliphatic heterocycles. The average molecular weight is 492 g/mol. The van der Waals surface area contributed by atoms with Crippen LogP contribution in [0.2, 0.25) is 0 Å². The quantitative estimate of drug-likeness (QED) is 0.331. The maximum atomic E-state index is 12.2. The van der Waals surface area contributed by atoms with Crippen LogP contribution in [0.1, 0.15) is 50.3 Å². The second-order valence-corrected chi connectivity index (χ2v) is 8.66. The third-order valence-electron chi connectivity index (χ3n) is 6.06. The van der Waals surface area contributed by atoms with Crippen LogP contribution in [0, 0.1) is 11.3 Å². The fourth-order valence-corrected chi connectivity index (χ4v) is 4.20. The second kappa shape index (κ2) is 11.6. The predicted molar refractivity (Wildman–Crippen MR) is 130 cm³/mol. The maximum Gasteiger partial charge on any atom is 0.412 e. The van der Waals surface area contributed by atoms with Crippen molar-refractivity contribution in [1.82, 2.24) is 14.6 Å². The van der Waals surface area contributed by atoms with E-state index in [9.17, 15) is 14.9 Å². The molecule has 0 spiro atoms. The molecular formula is C26H29N5O5. The van der Waals surface area contributed by atoms with Gasteiger partial charge in [0, 0.05) is 0 Å². The van der Waals surface area contributed by atoms with Gasteiger partial charge in [-0.05, 0) is 37.0 Å². The number of nitriles is 1. The van der Waals surface area contributed by atoms with Gasteiger partial charge in [0.1, 0.15) is 24.5 Å². The number of esters is 1. The summed E-state index contributed by atoms with van der Waals surface area (Å²) in [4.78, 5) is 28.5. The average Bonchev–Trinajstić information content (AvgIpc) is 3.52. The van der Waals surface area contributed by atoms with Crippen molar-refractivity contribution in [1.29, 1.82) is 5.26 Å². The predicted octanol–water partition coefficient (Wildman–Crippen LogP) is 4.15. The monoisotopic (exact) mass is 491 g/mol. The van der Waals surface area contributed by atoms with E-state index in [1.807, 2.05) is 30.3 Å². The van der Waals surface area contributed by atoms with Crippen molar-refractivity contribution in [3.63, 3.8) is 0 Å². The SMILES string of the molecule is CCCCCOC(=O)Nc1ncnn2c([C@@]3(C#N)CC[C@@H](COC(=O)Cc4ccccc4)O3)ccc12. The Morgan fingerprint density at radius 3 is 2.83 bits per heavy atom. The van der Waals surface area contributed by atoms with E-state index in [0.717, 1.165) is 24.8 Å². The highest BCUT2D eigenvalue weighted by atomic mass is 16.6. The Balaban J connectivity index is 1.40. The van der Waals surface area contributed by atoms with E-state index in [1.54, 1.807) is 12.1 Å². The van der Waals surface area contributed by atoms with Crippen molar-refractivity contribution in [2.24, 2.45) is 0 Å². The van der Waals surface area contributed by atoms with E-state index in [4.69, 9.17) is 14.2 Å². The lowest BCUT2D eigenvalue weighted by Crippen LogP contribution is -2.29. The summed E-state index contributed by atoms with van der Waals surface area (Å²) in [6.07, 6.45) is 4.21. The summed E-state index contributed by atoms with van der Waals surface area (Å²) < 4.78 is 18.3. The van der Waals surface area contributed by atoms with Crippen molar-refractivity contribution in [2.75, 3.05) is 18.5 Å². The smallest absolute Gasteiger partial charge is 0.412 e. The topological polar surface area (TPSA) is 128 Å². The van der Waals surface area contributed by atoms with E-state index < -0.39 is 17.8 Å². The minimum Gasteiger partial charge on any atom is -0.463 e. The highest BCUT2D eigenvalue weighted by molar-refractivity contribution is 5.88.